The summed E-state index contributed by atoms with van der Waals surface area (Å²) in [5.74, 6) is 4.24. The Hall–Kier alpha value is -0.670. The lowest BCUT2D eigenvalue weighted by Crippen LogP contribution is -2.52. The van der Waals surface area contributed by atoms with E-state index in [-0.39, 0.29) is 11.2 Å². The van der Waals surface area contributed by atoms with Crippen LogP contribution < -0.4 is 0 Å². The highest BCUT2D eigenvalue weighted by Gasteiger charge is 2.68. The van der Waals surface area contributed by atoms with Crippen molar-refractivity contribution < 1.29 is 14.3 Å². The van der Waals surface area contributed by atoms with E-state index in [1.165, 1.54) is 37.7 Å². The van der Waals surface area contributed by atoms with Gasteiger partial charge in [-0.2, -0.15) is 0 Å². The average molecular weight is 413 g/mol. The van der Waals surface area contributed by atoms with Gasteiger partial charge in [-0.05, 0) is 91.4 Å². The highest BCUT2D eigenvalue weighted by molar-refractivity contribution is 5.91. The van der Waals surface area contributed by atoms with Crippen LogP contribution in [0.5, 0.6) is 0 Å². The molecule has 6 rings (SSSR count). The first-order valence-corrected chi connectivity index (χ1v) is 12.8. The van der Waals surface area contributed by atoms with Gasteiger partial charge in [0.25, 0.3) is 0 Å². The van der Waals surface area contributed by atoms with E-state index in [1.54, 1.807) is 0 Å². The van der Waals surface area contributed by atoms with Gasteiger partial charge in [-0.25, -0.2) is 0 Å². The number of ketones is 1. The first-order chi connectivity index (χ1) is 14.3. The molecule has 2 saturated heterocycles. The zero-order valence-electron chi connectivity index (χ0n) is 19.4. The number of carbonyl (C=O) groups excluding carboxylic acids is 1. The van der Waals surface area contributed by atoms with Crippen molar-refractivity contribution in [3.05, 3.63) is 11.6 Å². The zero-order valence-corrected chi connectivity index (χ0v) is 19.4. The van der Waals surface area contributed by atoms with Gasteiger partial charge in [0, 0.05) is 18.8 Å². The Kier molecular flexibility index (Phi) is 4.29. The Bertz CT molecular complexity index is 777. The van der Waals surface area contributed by atoms with Crippen molar-refractivity contribution in [1.82, 2.24) is 0 Å². The lowest BCUT2D eigenvalue weighted by atomic mass is 9.46. The molecule has 0 bridgehead atoms. The summed E-state index contributed by atoms with van der Waals surface area (Å²) in [5, 5.41) is 0. The molecule has 0 N–H and O–H groups in total. The molecule has 5 fully saturated rings. The van der Waals surface area contributed by atoms with Gasteiger partial charge in [-0.3, -0.25) is 4.79 Å². The van der Waals surface area contributed by atoms with Gasteiger partial charge in [0.15, 0.2) is 11.6 Å². The van der Waals surface area contributed by atoms with Gasteiger partial charge in [-0.1, -0.05) is 33.3 Å². The Morgan fingerprint density at radius 3 is 2.60 bits per heavy atom. The fourth-order valence-electron chi connectivity index (χ4n) is 9.58. The molecule has 6 aliphatic rings. The van der Waals surface area contributed by atoms with E-state index < -0.39 is 0 Å². The third-order valence-electron chi connectivity index (χ3n) is 11.2. The van der Waals surface area contributed by atoms with Gasteiger partial charge < -0.3 is 9.47 Å². The molecule has 0 amide bonds. The first-order valence-electron chi connectivity index (χ1n) is 12.8. The largest absolute Gasteiger partial charge is 0.349 e. The Morgan fingerprint density at radius 1 is 1.00 bits per heavy atom. The van der Waals surface area contributed by atoms with Crippen LogP contribution in [0.3, 0.4) is 0 Å². The molecule has 2 aliphatic heterocycles. The summed E-state index contributed by atoms with van der Waals surface area (Å²) in [6.45, 7) is 10.7. The fraction of sp³-hybridized carbons (Fsp3) is 0.889. The summed E-state index contributed by atoms with van der Waals surface area (Å²) in [4.78, 5) is 12.1. The second-order valence-corrected chi connectivity index (χ2v) is 12.5. The van der Waals surface area contributed by atoms with Crippen LogP contribution in [0.2, 0.25) is 0 Å². The minimum Gasteiger partial charge on any atom is -0.349 e. The molecule has 30 heavy (non-hydrogen) atoms. The molecule has 1 spiro atoms. The molecule has 3 saturated carbocycles. The van der Waals surface area contributed by atoms with Crippen LogP contribution in [0, 0.1) is 46.3 Å². The quantitative estimate of drug-likeness (QED) is 0.495. The van der Waals surface area contributed by atoms with Crippen LogP contribution in [0.15, 0.2) is 11.6 Å². The maximum atomic E-state index is 12.1. The summed E-state index contributed by atoms with van der Waals surface area (Å²) in [6, 6.07) is 0. The summed E-state index contributed by atoms with van der Waals surface area (Å²) in [5.41, 5.74) is 2.14. The Labute approximate surface area is 182 Å². The van der Waals surface area contributed by atoms with Crippen molar-refractivity contribution in [1.29, 1.82) is 0 Å². The molecular formula is C27H40O3. The van der Waals surface area contributed by atoms with Crippen molar-refractivity contribution in [2.24, 2.45) is 46.3 Å². The van der Waals surface area contributed by atoms with E-state index in [1.807, 2.05) is 6.08 Å². The number of ether oxygens (including phenoxy) is 2. The van der Waals surface area contributed by atoms with Crippen molar-refractivity contribution in [2.45, 2.75) is 97.4 Å². The third kappa shape index (κ3) is 2.48. The normalized spacial score (nSPS) is 57.4. The monoisotopic (exact) mass is 412 g/mol. The zero-order chi connectivity index (χ0) is 20.9. The highest BCUT2D eigenvalue weighted by atomic mass is 16.7. The molecule has 166 valence electrons. The van der Waals surface area contributed by atoms with Crippen LogP contribution in [0.4, 0.5) is 0 Å². The Balaban J connectivity index is 1.28. The summed E-state index contributed by atoms with van der Waals surface area (Å²) in [7, 11) is 0. The van der Waals surface area contributed by atoms with Crippen molar-refractivity contribution >= 4 is 5.78 Å². The molecule has 4 aliphatic carbocycles. The molecule has 3 nitrogen and oxygen atoms in total. The average Bonchev–Trinajstić information content (AvgIpc) is 3.16. The molecule has 0 unspecified atom stereocenters. The molecule has 10 atom stereocenters. The van der Waals surface area contributed by atoms with Gasteiger partial charge in [-0.15, -0.1) is 0 Å². The van der Waals surface area contributed by atoms with Crippen LogP contribution in [0.1, 0.15) is 85.5 Å². The second-order valence-electron chi connectivity index (χ2n) is 12.5. The molecule has 0 aromatic rings. The van der Waals surface area contributed by atoms with E-state index in [4.69, 9.17) is 9.47 Å². The first kappa shape index (κ1) is 20.0. The number of fused-ring (bicyclic) bond motifs is 7. The topological polar surface area (TPSA) is 35.5 Å². The van der Waals surface area contributed by atoms with E-state index >= 15 is 0 Å². The number of allylic oxidation sites excluding steroid dienone is 1. The van der Waals surface area contributed by atoms with Crippen molar-refractivity contribution in [3.8, 4) is 0 Å². The summed E-state index contributed by atoms with van der Waals surface area (Å²) < 4.78 is 13.3. The highest BCUT2D eigenvalue weighted by Crippen LogP contribution is 2.70. The SMILES string of the molecule is C[C@H]1CC[C@@]2(OC1)O[C@H]1C[C@H]3[C@H]4CCC5=CC(=O)CC[C@]5(C)[C@@H]4CC[C@]3(C)[C@@H]1[C@@H]2C. The molecule has 0 radical (unpaired) electrons. The predicted molar refractivity (Wildman–Crippen MR) is 117 cm³/mol. The minimum absolute atomic E-state index is 0.270. The lowest BCUT2D eigenvalue weighted by Gasteiger charge is -2.58. The van der Waals surface area contributed by atoms with Gasteiger partial charge in [0.1, 0.15) is 0 Å². The van der Waals surface area contributed by atoms with Crippen molar-refractivity contribution in [3.63, 3.8) is 0 Å². The number of hydrogen-bond acceptors (Lipinski definition) is 3. The smallest absolute Gasteiger partial charge is 0.171 e. The van der Waals surface area contributed by atoms with E-state index in [2.05, 4.69) is 27.7 Å². The molecule has 2 heterocycles. The van der Waals surface area contributed by atoms with E-state index in [9.17, 15) is 4.79 Å². The van der Waals surface area contributed by atoms with E-state index in [0.717, 1.165) is 50.0 Å². The molecule has 0 aromatic heterocycles. The molecule has 3 heteroatoms. The maximum absolute atomic E-state index is 12.1. The number of hydrogen-bond donors (Lipinski definition) is 0. The predicted octanol–water partition coefficient (Wildman–Crippen LogP) is 5.92. The summed E-state index contributed by atoms with van der Waals surface area (Å²) >= 11 is 0. The molecular weight excluding hydrogens is 372 g/mol. The standard InChI is InChI=1S/C27H40O3/c1-16-7-12-27(29-15-16)17(2)24-23(30-27)14-22-20-6-5-18-13-19(28)8-10-25(18,3)21(20)9-11-26(22,24)4/h13,16-17,20-24H,5-12,14-15H2,1-4H3/t16-,17-,20-,21+,22-,23-,24+,25-,26-,27+/m0/s1. The number of rotatable bonds is 0. The van der Waals surface area contributed by atoms with Gasteiger partial charge in [0.2, 0.25) is 0 Å². The number of carbonyl (C=O) groups is 1. The minimum atomic E-state index is -0.301. The summed E-state index contributed by atoms with van der Waals surface area (Å²) in [6.07, 6.45) is 12.9. The maximum Gasteiger partial charge on any atom is 0.171 e. The van der Waals surface area contributed by atoms with Gasteiger partial charge >= 0.3 is 0 Å². The molecule has 0 aromatic carbocycles. The van der Waals surface area contributed by atoms with Crippen LogP contribution in [-0.2, 0) is 14.3 Å². The Morgan fingerprint density at radius 2 is 1.83 bits per heavy atom. The van der Waals surface area contributed by atoms with Gasteiger partial charge in [0.05, 0.1) is 12.7 Å². The third-order valence-corrected chi connectivity index (χ3v) is 11.2. The second kappa shape index (κ2) is 6.44. The van der Waals surface area contributed by atoms with Crippen LogP contribution >= 0.6 is 0 Å². The van der Waals surface area contributed by atoms with Crippen LogP contribution in [-0.4, -0.2) is 24.3 Å². The lowest BCUT2D eigenvalue weighted by molar-refractivity contribution is -0.272. The van der Waals surface area contributed by atoms with Crippen molar-refractivity contribution in [2.75, 3.05) is 6.61 Å². The van der Waals surface area contributed by atoms with E-state index in [0.29, 0.717) is 35.1 Å². The van der Waals surface area contributed by atoms with Crippen LogP contribution in [0.25, 0.3) is 0 Å². The fourth-order valence-corrected chi connectivity index (χ4v) is 9.58.